The highest BCUT2D eigenvalue weighted by atomic mass is 32.1. The van der Waals surface area contributed by atoms with Gasteiger partial charge in [0.2, 0.25) is 0 Å². The summed E-state index contributed by atoms with van der Waals surface area (Å²) in [7, 11) is 0. The van der Waals surface area contributed by atoms with Crippen molar-refractivity contribution in [3.8, 4) is 0 Å². The molecule has 26 heavy (non-hydrogen) atoms. The second kappa shape index (κ2) is 6.79. The summed E-state index contributed by atoms with van der Waals surface area (Å²) in [5.74, 6) is 3.18. The fraction of sp³-hybridized carbons (Fsp3) is 0.682. The third-order valence-corrected chi connectivity index (χ3v) is 7.77. The van der Waals surface area contributed by atoms with E-state index in [1.807, 2.05) is 18.2 Å². The SMILES string of the molecule is S=C(Nc1ccccc1)N1CCN(CC23CC4CC(CC(C4)C2)C3)CC1. The van der Waals surface area contributed by atoms with E-state index in [-0.39, 0.29) is 0 Å². The number of anilines is 1. The maximum absolute atomic E-state index is 5.64. The number of benzene rings is 1. The van der Waals surface area contributed by atoms with Crippen LogP contribution in [0.2, 0.25) is 0 Å². The van der Waals surface area contributed by atoms with Crippen molar-refractivity contribution in [3.63, 3.8) is 0 Å². The summed E-state index contributed by atoms with van der Waals surface area (Å²) in [6, 6.07) is 10.3. The van der Waals surface area contributed by atoms with Crippen LogP contribution >= 0.6 is 12.2 Å². The number of piperazine rings is 1. The molecule has 4 bridgehead atoms. The maximum Gasteiger partial charge on any atom is 0.173 e. The third kappa shape index (κ3) is 3.38. The third-order valence-electron chi connectivity index (χ3n) is 7.41. The van der Waals surface area contributed by atoms with E-state index in [0.29, 0.717) is 5.41 Å². The molecule has 5 aliphatic rings. The Morgan fingerprint density at radius 2 is 1.50 bits per heavy atom. The summed E-state index contributed by atoms with van der Waals surface area (Å²) in [6.07, 6.45) is 9.21. The minimum atomic E-state index is 0.666. The molecule has 0 radical (unpaired) electrons. The second-order valence-corrected chi connectivity index (χ2v) is 9.86. The van der Waals surface area contributed by atoms with Crippen LogP contribution in [0.1, 0.15) is 38.5 Å². The zero-order valence-corrected chi connectivity index (χ0v) is 16.5. The molecule has 1 aromatic carbocycles. The Balaban J connectivity index is 1.15. The Morgan fingerprint density at radius 1 is 0.923 bits per heavy atom. The van der Waals surface area contributed by atoms with E-state index in [0.717, 1.165) is 41.6 Å². The highest BCUT2D eigenvalue weighted by Gasteiger charge is 2.51. The van der Waals surface area contributed by atoms with Crippen LogP contribution in [0.3, 0.4) is 0 Å². The van der Waals surface area contributed by atoms with Crippen LogP contribution in [-0.2, 0) is 0 Å². The molecule has 1 heterocycles. The lowest BCUT2D eigenvalue weighted by Gasteiger charge is -2.58. The van der Waals surface area contributed by atoms with Crippen LogP contribution in [0.15, 0.2) is 30.3 Å². The molecule has 0 atom stereocenters. The fourth-order valence-corrected chi connectivity index (χ4v) is 7.09. The van der Waals surface area contributed by atoms with Gasteiger partial charge in [0.25, 0.3) is 0 Å². The predicted molar refractivity (Wildman–Crippen MR) is 111 cm³/mol. The molecule has 4 heteroatoms. The van der Waals surface area contributed by atoms with Gasteiger partial charge in [-0.2, -0.15) is 0 Å². The van der Waals surface area contributed by atoms with E-state index in [1.54, 1.807) is 19.3 Å². The van der Waals surface area contributed by atoms with Crippen LogP contribution in [0.5, 0.6) is 0 Å². The Labute approximate surface area is 163 Å². The topological polar surface area (TPSA) is 18.5 Å². The Hall–Kier alpha value is -1.13. The van der Waals surface area contributed by atoms with Gasteiger partial charge in [-0.15, -0.1) is 0 Å². The van der Waals surface area contributed by atoms with Gasteiger partial charge in [-0.25, -0.2) is 0 Å². The largest absolute Gasteiger partial charge is 0.346 e. The second-order valence-electron chi connectivity index (χ2n) is 9.48. The molecular weight excluding hydrogens is 338 g/mol. The Bertz CT molecular complexity index is 615. The minimum Gasteiger partial charge on any atom is -0.346 e. The Morgan fingerprint density at radius 3 is 2.08 bits per heavy atom. The van der Waals surface area contributed by atoms with Gasteiger partial charge in [-0.3, -0.25) is 4.90 Å². The van der Waals surface area contributed by atoms with Crippen molar-refractivity contribution in [1.82, 2.24) is 9.80 Å². The first-order valence-electron chi connectivity index (χ1n) is 10.5. The molecule has 4 aliphatic carbocycles. The molecule has 0 spiro atoms. The van der Waals surface area contributed by atoms with Crippen LogP contribution in [0.25, 0.3) is 0 Å². The number of para-hydroxylation sites is 1. The van der Waals surface area contributed by atoms with E-state index in [1.165, 1.54) is 38.9 Å². The molecule has 0 amide bonds. The number of hydrogen-bond acceptors (Lipinski definition) is 2. The molecule has 3 nitrogen and oxygen atoms in total. The lowest BCUT2D eigenvalue weighted by atomic mass is 9.49. The van der Waals surface area contributed by atoms with Crippen molar-refractivity contribution in [3.05, 3.63) is 30.3 Å². The van der Waals surface area contributed by atoms with Gasteiger partial charge in [0.1, 0.15) is 0 Å². The van der Waals surface area contributed by atoms with E-state index < -0.39 is 0 Å². The number of rotatable bonds is 3. The van der Waals surface area contributed by atoms with Gasteiger partial charge < -0.3 is 10.2 Å². The monoisotopic (exact) mass is 369 g/mol. The van der Waals surface area contributed by atoms with Crippen LogP contribution in [0.4, 0.5) is 5.69 Å². The average molecular weight is 370 g/mol. The minimum absolute atomic E-state index is 0.666. The van der Waals surface area contributed by atoms with Crippen molar-refractivity contribution in [1.29, 1.82) is 0 Å². The van der Waals surface area contributed by atoms with Gasteiger partial charge in [0.05, 0.1) is 0 Å². The predicted octanol–water partition coefficient (Wildman–Crippen LogP) is 4.22. The first-order valence-corrected chi connectivity index (χ1v) is 10.9. The quantitative estimate of drug-likeness (QED) is 0.804. The van der Waals surface area contributed by atoms with E-state index in [9.17, 15) is 0 Å². The van der Waals surface area contributed by atoms with Gasteiger partial charge in [-0.05, 0) is 86.0 Å². The van der Waals surface area contributed by atoms with Crippen molar-refractivity contribution < 1.29 is 0 Å². The summed E-state index contributed by atoms with van der Waals surface area (Å²) < 4.78 is 0. The van der Waals surface area contributed by atoms with Crippen molar-refractivity contribution in [2.24, 2.45) is 23.2 Å². The molecule has 0 unspecified atom stereocenters. The van der Waals surface area contributed by atoms with Gasteiger partial charge in [0.15, 0.2) is 5.11 Å². The molecule has 1 aliphatic heterocycles. The summed E-state index contributed by atoms with van der Waals surface area (Å²) in [6.45, 7) is 5.80. The maximum atomic E-state index is 5.64. The van der Waals surface area contributed by atoms with Crippen molar-refractivity contribution >= 4 is 23.0 Å². The van der Waals surface area contributed by atoms with Gasteiger partial charge in [0, 0.05) is 38.4 Å². The molecule has 4 saturated carbocycles. The lowest BCUT2D eigenvalue weighted by Crippen LogP contribution is -2.55. The fourth-order valence-electron chi connectivity index (χ4n) is 6.79. The van der Waals surface area contributed by atoms with Gasteiger partial charge >= 0.3 is 0 Å². The molecule has 1 aromatic rings. The molecule has 5 fully saturated rings. The highest BCUT2D eigenvalue weighted by molar-refractivity contribution is 7.80. The number of hydrogen-bond donors (Lipinski definition) is 1. The molecule has 6 rings (SSSR count). The van der Waals surface area contributed by atoms with E-state index >= 15 is 0 Å². The van der Waals surface area contributed by atoms with Crippen molar-refractivity contribution in [2.45, 2.75) is 38.5 Å². The first kappa shape index (κ1) is 17.0. The standard InChI is InChI=1S/C22H31N3S/c26-21(23-20-4-2-1-3-5-20)25-8-6-24(7-9-25)16-22-13-17-10-18(14-22)12-19(11-17)15-22/h1-5,17-19H,6-16H2,(H,23,26). The molecular formula is C22H31N3S. The molecule has 1 saturated heterocycles. The number of nitrogens with one attached hydrogen (secondary N) is 1. The normalized spacial score (nSPS) is 36.3. The molecule has 140 valence electrons. The Kier molecular flexibility index (Phi) is 4.44. The number of thiocarbonyl (C=S) groups is 1. The average Bonchev–Trinajstić information content (AvgIpc) is 2.61. The number of nitrogens with zero attached hydrogens (tertiary/aromatic N) is 2. The first-order chi connectivity index (χ1) is 12.7. The van der Waals surface area contributed by atoms with Crippen LogP contribution in [0, 0.1) is 23.2 Å². The summed E-state index contributed by atoms with van der Waals surface area (Å²) >= 11 is 5.64. The smallest absolute Gasteiger partial charge is 0.173 e. The summed E-state index contributed by atoms with van der Waals surface area (Å²) in [5, 5.41) is 4.27. The highest BCUT2D eigenvalue weighted by Crippen LogP contribution is 2.60. The zero-order chi connectivity index (χ0) is 17.6. The molecule has 0 aromatic heterocycles. The molecule has 1 N–H and O–H groups in total. The van der Waals surface area contributed by atoms with E-state index in [4.69, 9.17) is 12.2 Å². The summed E-state index contributed by atoms with van der Waals surface area (Å²) in [5.41, 5.74) is 1.76. The van der Waals surface area contributed by atoms with Crippen LogP contribution in [-0.4, -0.2) is 47.6 Å². The zero-order valence-electron chi connectivity index (χ0n) is 15.7. The van der Waals surface area contributed by atoms with Crippen LogP contribution < -0.4 is 5.32 Å². The lowest BCUT2D eigenvalue weighted by molar-refractivity contribution is -0.0719. The summed E-state index contributed by atoms with van der Waals surface area (Å²) in [4.78, 5) is 5.09. The van der Waals surface area contributed by atoms with Crippen molar-refractivity contribution in [2.75, 3.05) is 38.0 Å². The van der Waals surface area contributed by atoms with Gasteiger partial charge in [-0.1, -0.05) is 18.2 Å². The van der Waals surface area contributed by atoms with E-state index in [2.05, 4.69) is 27.2 Å².